The van der Waals surface area contributed by atoms with Gasteiger partial charge in [0.2, 0.25) is 5.65 Å². The number of rotatable bonds is 7. The molecule has 2 N–H and O–H groups in total. The van der Waals surface area contributed by atoms with Crippen molar-refractivity contribution in [2.24, 2.45) is 0 Å². The normalized spacial score (nSPS) is 14.3. The Kier molecular flexibility index (Phi) is 6.31. The molecular formula is C26H30N8O. The van der Waals surface area contributed by atoms with Gasteiger partial charge in [0, 0.05) is 31.5 Å². The number of nitrogens with zero attached hydrogens (tertiary/aromatic N) is 6. The number of nitrogens with one attached hydrogen (secondary N) is 2. The molecule has 1 fully saturated rings. The van der Waals surface area contributed by atoms with Crippen LogP contribution in [0, 0.1) is 6.92 Å². The quantitative estimate of drug-likeness (QED) is 0.408. The minimum absolute atomic E-state index is 0.0458. The topological polar surface area (TPSA) is 101 Å². The molecule has 0 spiro atoms. The molecular weight excluding hydrogens is 440 g/mol. The van der Waals surface area contributed by atoms with Gasteiger partial charge in [-0.1, -0.05) is 12.1 Å². The van der Waals surface area contributed by atoms with Crippen molar-refractivity contribution >= 4 is 34.4 Å². The van der Waals surface area contributed by atoms with E-state index >= 15 is 0 Å². The third-order valence-electron chi connectivity index (χ3n) is 6.33. The van der Waals surface area contributed by atoms with E-state index in [0.29, 0.717) is 17.0 Å². The van der Waals surface area contributed by atoms with Crippen LogP contribution in [0.2, 0.25) is 0 Å². The van der Waals surface area contributed by atoms with Crippen LogP contribution in [0.4, 0.5) is 17.3 Å². The minimum Gasteiger partial charge on any atom is -0.362 e. The van der Waals surface area contributed by atoms with Gasteiger partial charge < -0.3 is 15.5 Å². The summed E-state index contributed by atoms with van der Waals surface area (Å²) in [4.78, 5) is 28.8. The third kappa shape index (κ3) is 4.94. The Balaban J connectivity index is 1.27. The number of amides is 1. The molecule has 0 saturated carbocycles. The molecule has 35 heavy (non-hydrogen) atoms. The first kappa shape index (κ1) is 22.8. The summed E-state index contributed by atoms with van der Waals surface area (Å²) < 4.78 is 1.82. The number of pyridine rings is 1. The lowest BCUT2D eigenvalue weighted by atomic mass is 10.1. The number of hydrogen-bond acceptors (Lipinski definition) is 7. The Morgan fingerprint density at radius 3 is 2.74 bits per heavy atom. The standard InChI is InChI=1S/C26H30N8O/c1-4-34-16-22-24(32-34)31-23(15-27-22)29-18(3)19-8-7-9-21(13-19)30-26(35)20-12-17(2)25(28-14-20)33-10-5-6-11-33/h7-9,12-16,18H,4-6,10-11H2,1-3H3,(H,30,35)(H,29,31,32)/t18-/m0/s1. The van der Waals surface area contributed by atoms with E-state index in [9.17, 15) is 4.79 Å². The molecule has 3 aromatic heterocycles. The van der Waals surface area contributed by atoms with Crippen molar-refractivity contribution in [2.75, 3.05) is 28.6 Å². The summed E-state index contributed by atoms with van der Waals surface area (Å²) in [5, 5.41) is 10.8. The first-order chi connectivity index (χ1) is 17.0. The Morgan fingerprint density at radius 2 is 1.97 bits per heavy atom. The molecule has 4 aromatic rings. The molecule has 0 radical (unpaired) electrons. The summed E-state index contributed by atoms with van der Waals surface area (Å²) >= 11 is 0. The summed E-state index contributed by atoms with van der Waals surface area (Å²) in [6.45, 7) is 8.91. The highest BCUT2D eigenvalue weighted by atomic mass is 16.1. The largest absolute Gasteiger partial charge is 0.362 e. The number of carbonyl (C=O) groups is 1. The van der Waals surface area contributed by atoms with Crippen molar-refractivity contribution in [3.63, 3.8) is 0 Å². The van der Waals surface area contributed by atoms with Gasteiger partial charge in [-0.25, -0.2) is 15.0 Å². The molecule has 0 unspecified atom stereocenters. The van der Waals surface area contributed by atoms with Crippen LogP contribution in [-0.2, 0) is 6.54 Å². The summed E-state index contributed by atoms with van der Waals surface area (Å²) in [6, 6.07) is 9.67. The second-order valence-electron chi connectivity index (χ2n) is 8.95. The molecule has 1 amide bonds. The smallest absolute Gasteiger partial charge is 0.257 e. The summed E-state index contributed by atoms with van der Waals surface area (Å²) in [6.07, 6.45) is 7.65. The molecule has 1 aliphatic rings. The van der Waals surface area contributed by atoms with Gasteiger partial charge in [-0.2, -0.15) is 5.10 Å². The van der Waals surface area contributed by atoms with Gasteiger partial charge in [0.1, 0.15) is 17.2 Å². The fourth-order valence-electron chi connectivity index (χ4n) is 4.42. The van der Waals surface area contributed by atoms with Crippen molar-refractivity contribution in [3.8, 4) is 0 Å². The van der Waals surface area contributed by atoms with Gasteiger partial charge in [-0.15, -0.1) is 0 Å². The van der Waals surface area contributed by atoms with Crippen LogP contribution in [0.3, 0.4) is 0 Å². The van der Waals surface area contributed by atoms with E-state index in [1.165, 1.54) is 12.8 Å². The van der Waals surface area contributed by atoms with E-state index in [1.54, 1.807) is 12.4 Å². The molecule has 1 atom stereocenters. The van der Waals surface area contributed by atoms with Crippen LogP contribution in [0.25, 0.3) is 11.2 Å². The monoisotopic (exact) mass is 470 g/mol. The number of fused-ring (bicyclic) bond motifs is 1. The molecule has 5 rings (SSSR count). The van der Waals surface area contributed by atoms with Crippen molar-refractivity contribution in [3.05, 3.63) is 65.6 Å². The number of aryl methyl sites for hydroxylation is 2. The number of aromatic nitrogens is 5. The summed E-state index contributed by atoms with van der Waals surface area (Å²) in [5.74, 6) is 1.46. The van der Waals surface area contributed by atoms with Crippen LogP contribution >= 0.6 is 0 Å². The number of carbonyl (C=O) groups excluding carboxylic acids is 1. The average molecular weight is 471 g/mol. The van der Waals surface area contributed by atoms with Gasteiger partial charge in [0.15, 0.2) is 0 Å². The lowest BCUT2D eigenvalue weighted by Gasteiger charge is -2.19. The average Bonchev–Trinajstić information content (AvgIpc) is 3.54. The maximum Gasteiger partial charge on any atom is 0.257 e. The zero-order valence-electron chi connectivity index (χ0n) is 20.3. The van der Waals surface area contributed by atoms with Gasteiger partial charge >= 0.3 is 0 Å². The van der Waals surface area contributed by atoms with E-state index in [-0.39, 0.29) is 11.9 Å². The fraction of sp³-hybridized carbons (Fsp3) is 0.346. The summed E-state index contributed by atoms with van der Waals surface area (Å²) in [7, 11) is 0. The Hall–Kier alpha value is -4.01. The zero-order chi connectivity index (χ0) is 24.4. The summed E-state index contributed by atoms with van der Waals surface area (Å²) in [5.41, 5.74) is 4.70. The van der Waals surface area contributed by atoms with Crippen molar-refractivity contribution in [1.29, 1.82) is 0 Å². The molecule has 0 bridgehead atoms. The lowest BCUT2D eigenvalue weighted by molar-refractivity contribution is 0.102. The molecule has 9 nitrogen and oxygen atoms in total. The van der Waals surface area contributed by atoms with Crippen LogP contribution in [0.1, 0.15) is 54.2 Å². The van der Waals surface area contributed by atoms with E-state index in [2.05, 4.69) is 35.6 Å². The first-order valence-corrected chi connectivity index (χ1v) is 12.1. The van der Waals surface area contributed by atoms with Crippen LogP contribution < -0.4 is 15.5 Å². The van der Waals surface area contributed by atoms with Gasteiger partial charge in [-0.3, -0.25) is 9.48 Å². The zero-order valence-corrected chi connectivity index (χ0v) is 20.3. The number of hydrogen-bond donors (Lipinski definition) is 2. The first-order valence-electron chi connectivity index (χ1n) is 12.1. The van der Waals surface area contributed by atoms with Gasteiger partial charge in [-0.05, 0) is 62.9 Å². The van der Waals surface area contributed by atoms with Crippen LogP contribution in [0.5, 0.6) is 0 Å². The number of benzene rings is 1. The second kappa shape index (κ2) is 9.69. The van der Waals surface area contributed by atoms with E-state index in [1.807, 2.05) is 62.0 Å². The maximum atomic E-state index is 12.9. The van der Waals surface area contributed by atoms with Gasteiger partial charge in [0.05, 0.1) is 24.0 Å². The Bertz CT molecular complexity index is 1360. The third-order valence-corrected chi connectivity index (χ3v) is 6.33. The minimum atomic E-state index is -0.172. The van der Waals surface area contributed by atoms with Crippen molar-refractivity contribution in [2.45, 2.75) is 46.2 Å². The van der Waals surface area contributed by atoms with Crippen molar-refractivity contribution in [1.82, 2.24) is 24.7 Å². The lowest BCUT2D eigenvalue weighted by Crippen LogP contribution is -2.21. The van der Waals surface area contributed by atoms with Crippen LogP contribution in [-0.4, -0.2) is 43.7 Å². The molecule has 4 heterocycles. The molecule has 9 heteroatoms. The fourth-order valence-corrected chi connectivity index (χ4v) is 4.42. The molecule has 1 saturated heterocycles. The molecule has 0 aliphatic carbocycles. The highest BCUT2D eigenvalue weighted by molar-refractivity contribution is 6.04. The van der Waals surface area contributed by atoms with Gasteiger partial charge in [0.25, 0.3) is 5.91 Å². The number of anilines is 3. The molecule has 1 aromatic carbocycles. The predicted octanol–water partition coefficient (Wildman–Crippen LogP) is 4.58. The Morgan fingerprint density at radius 1 is 1.14 bits per heavy atom. The highest BCUT2D eigenvalue weighted by Gasteiger charge is 2.17. The van der Waals surface area contributed by atoms with E-state index in [0.717, 1.165) is 47.8 Å². The molecule has 1 aliphatic heterocycles. The van der Waals surface area contributed by atoms with E-state index in [4.69, 9.17) is 0 Å². The van der Waals surface area contributed by atoms with E-state index < -0.39 is 0 Å². The maximum absolute atomic E-state index is 12.9. The predicted molar refractivity (Wildman–Crippen MR) is 138 cm³/mol. The Labute approximate surface area is 204 Å². The van der Waals surface area contributed by atoms with Crippen molar-refractivity contribution < 1.29 is 4.79 Å². The highest BCUT2D eigenvalue weighted by Crippen LogP contribution is 2.24. The SMILES string of the molecule is CCn1cc2ncc(N[C@@H](C)c3cccc(NC(=O)c4cnc(N5CCCC5)c(C)c4)c3)nc2n1. The second-order valence-corrected chi connectivity index (χ2v) is 8.95. The molecule has 180 valence electrons. The van der Waals surface area contributed by atoms with Crippen LogP contribution in [0.15, 0.2) is 48.9 Å².